The van der Waals surface area contributed by atoms with Crippen LogP contribution in [0.3, 0.4) is 0 Å². The number of esters is 2. The minimum atomic E-state index is -3.95. The Morgan fingerprint density at radius 1 is 0.844 bits per heavy atom. The van der Waals surface area contributed by atoms with Gasteiger partial charge in [-0.2, -0.15) is 0 Å². The highest BCUT2D eigenvalue weighted by Crippen LogP contribution is 2.30. The molecule has 2 aromatic rings. The number of amides is 1. The highest BCUT2D eigenvalue weighted by Gasteiger charge is 2.26. The van der Waals surface area contributed by atoms with E-state index in [0.29, 0.717) is 11.4 Å². The van der Waals surface area contributed by atoms with Crippen molar-refractivity contribution in [2.45, 2.75) is 4.90 Å². The Kier molecular flexibility index (Phi) is 8.19. The summed E-state index contributed by atoms with van der Waals surface area (Å²) in [5.74, 6) is -1.73. The first-order chi connectivity index (χ1) is 15.1. The molecule has 32 heavy (non-hydrogen) atoms. The molecule has 0 radical (unpaired) electrons. The van der Waals surface area contributed by atoms with Crippen molar-refractivity contribution in [1.82, 2.24) is 4.90 Å². The van der Waals surface area contributed by atoms with Gasteiger partial charge in [-0.05, 0) is 36.4 Å². The molecule has 0 aliphatic carbocycles. The van der Waals surface area contributed by atoms with E-state index in [9.17, 15) is 22.8 Å². The Morgan fingerprint density at radius 3 is 1.88 bits per heavy atom. The molecule has 172 valence electrons. The minimum Gasteiger partial charge on any atom is -0.495 e. The number of hydrogen-bond donors (Lipinski definition) is 0. The van der Waals surface area contributed by atoms with Crippen LogP contribution < -0.4 is 9.04 Å². The molecule has 0 spiro atoms. The zero-order valence-electron chi connectivity index (χ0n) is 18.1. The van der Waals surface area contributed by atoms with Crippen molar-refractivity contribution >= 4 is 33.6 Å². The van der Waals surface area contributed by atoms with Gasteiger partial charge in [0.1, 0.15) is 18.8 Å². The molecule has 0 unspecified atom stereocenters. The molecule has 1 amide bonds. The lowest BCUT2D eigenvalue weighted by molar-refractivity contribution is -0.144. The second kappa shape index (κ2) is 10.6. The summed E-state index contributed by atoms with van der Waals surface area (Å²) in [6.07, 6.45) is 0. The fourth-order valence-corrected chi connectivity index (χ4v) is 3.98. The van der Waals surface area contributed by atoms with Gasteiger partial charge in [0.15, 0.2) is 0 Å². The largest absolute Gasteiger partial charge is 0.495 e. The van der Waals surface area contributed by atoms with Crippen LogP contribution in [0.15, 0.2) is 53.4 Å². The van der Waals surface area contributed by atoms with E-state index >= 15 is 0 Å². The number of rotatable bonds is 9. The predicted octanol–water partition coefficient (Wildman–Crippen LogP) is 1.31. The van der Waals surface area contributed by atoms with Crippen LogP contribution in [0.5, 0.6) is 5.75 Å². The lowest BCUT2D eigenvalue weighted by atomic mass is 10.2. The normalized spacial score (nSPS) is 10.8. The zero-order valence-corrected chi connectivity index (χ0v) is 18.9. The Hall–Kier alpha value is -3.60. The van der Waals surface area contributed by atoms with Gasteiger partial charge in [-0.1, -0.05) is 12.1 Å². The minimum absolute atomic E-state index is 0.0602. The van der Waals surface area contributed by atoms with Gasteiger partial charge in [-0.3, -0.25) is 18.7 Å². The summed E-state index contributed by atoms with van der Waals surface area (Å²) in [6, 6.07) is 11.8. The number of ether oxygens (including phenoxy) is 3. The van der Waals surface area contributed by atoms with Gasteiger partial charge in [-0.25, -0.2) is 8.42 Å². The molecule has 0 N–H and O–H groups in total. The number of para-hydroxylation sites is 2. The number of benzene rings is 2. The summed E-state index contributed by atoms with van der Waals surface area (Å²) in [5, 5.41) is 0. The Labute approximate surface area is 186 Å². The first kappa shape index (κ1) is 24.7. The smallest absolute Gasteiger partial charge is 0.325 e. The van der Waals surface area contributed by atoms with E-state index < -0.39 is 41.0 Å². The summed E-state index contributed by atoms with van der Waals surface area (Å²) in [6.45, 7) is -0.942. The topological polar surface area (TPSA) is 120 Å². The maximum atomic E-state index is 13.0. The van der Waals surface area contributed by atoms with Crippen molar-refractivity contribution in [2.75, 3.05) is 45.8 Å². The van der Waals surface area contributed by atoms with Gasteiger partial charge in [-0.15, -0.1) is 0 Å². The second-order valence-electron chi connectivity index (χ2n) is 6.48. The molecule has 0 fully saturated rings. The van der Waals surface area contributed by atoms with Crippen LogP contribution in [0, 0.1) is 0 Å². The molecule has 0 atom stereocenters. The van der Waals surface area contributed by atoms with E-state index in [1.165, 1.54) is 38.4 Å². The molecule has 0 aliphatic rings. The van der Waals surface area contributed by atoms with E-state index in [1.54, 1.807) is 24.3 Å². The number of carbonyl (C=O) groups excluding carboxylic acids is 3. The standard InChI is InChI=1S/C21H24N2O8S/c1-22(17-7-5-6-8-18(17)29-2)32(27,28)16-11-9-15(10-12-16)21(26)23(13-19(24)30-3)14-20(25)31-4/h5-12H,13-14H2,1-4H3. The third-order valence-corrected chi connectivity index (χ3v) is 6.35. The Balaban J connectivity index is 2.31. The van der Waals surface area contributed by atoms with E-state index in [4.69, 9.17) is 4.74 Å². The molecule has 11 heteroatoms. The number of hydrogen-bond acceptors (Lipinski definition) is 8. The van der Waals surface area contributed by atoms with Crippen LogP contribution in [0.25, 0.3) is 0 Å². The first-order valence-corrected chi connectivity index (χ1v) is 10.7. The Morgan fingerprint density at radius 2 is 1.38 bits per heavy atom. The molecule has 10 nitrogen and oxygen atoms in total. The number of anilines is 1. The highest BCUT2D eigenvalue weighted by atomic mass is 32.2. The molecular formula is C21H24N2O8S. The summed E-state index contributed by atoms with van der Waals surface area (Å²) in [4.78, 5) is 36.9. The van der Waals surface area contributed by atoms with Crippen LogP contribution in [-0.2, 0) is 29.1 Å². The average Bonchev–Trinajstić information content (AvgIpc) is 2.82. The average molecular weight is 464 g/mol. The summed E-state index contributed by atoms with van der Waals surface area (Å²) in [5.41, 5.74) is 0.425. The van der Waals surface area contributed by atoms with Crippen LogP contribution in [0.4, 0.5) is 5.69 Å². The first-order valence-electron chi connectivity index (χ1n) is 9.30. The molecule has 0 saturated heterocycles. The van der Waals surface area contributed by atoms with Crippen LogP contribution in [0.1, 0.15) is 10.4 Å². The molecule has 0 heterocycles. The second-order valence-corrected chi connectivity index (χ2v) is 8.45. The maximum absolute atomic E-state index is 13.0. The third-order valence-electron chi connectivity index (χ3n) is 4.57. The summed E-state index contributed by atoms with van der Waals surface area (Å²) in [7, 11) is 1.18. The van der Waals surface area contributed by atoms with Gasteiger partial charge in [0.05, 0.1) is 31.9 Å². The molecule has 0 bridgehead atoms. The monoisotopic (exact) mass is 464 g/mol. The number of carbonyl (C=O) groups is 3. The number of methoxy groups -OCH3 is 3. The molecule has 2 rings (SSSR count). The summed E-state index contributed by atoms with van der Waals surface area (Å²) >= 11 is 0. The van der Waals surface area contributed by atoms with E-state index in [-0.39, 0.29) is 10.5 Å². The highest BCUT2D eigenvalue weighted by molar-refractivity contribution is 7.92. The van der Waals surface area contributed by atoms with Gasteiger partial charge in [0, 0.05) is 12.6 Å². The van der Waals surface area contributed by atoms with Gasteiger partial charge >= 0.3 is 11.9 Å². The number of sulfonamides is 1. The van der Waals surface area contributed by atoms with Gasteiger partial charge in [0.25, 0.3) is 15.9 Å². The fourth-order valence-electron chi connectivity index (χ4n) is 2.77. The van der Waals surface area contributed by atoms with Crippen molar-refractivity contribution < 1.29 is 37.0 Å². The lowest BCUT2D eigenvalue weighted by Crippen LogP contribution is -2.40. The molecule has 0 saturated carbocycles. The quantitative estimate of drug-likeness (QED) is 0.510. The van der Waals surface area contributed by atoms with Crippen LogP contribution in [-0.4, -0.2) is 72.6 Å². The fraction of sp³-hybridized carbons (Fsp3) is 0.286. The lowest BCUT2D eigenvalue weighted by Gasteiger charge is -2.22. The molecule has 0 aliphatic heterocycles. The van der Waals surface area contributed by atoms with Crippen molar-refractivity contribution in [1.29, 1.82) is 0 Å². The molecule has 2 aromatic carbocycles. The van der Waals surface area contributed by atoms with Crippen molar-refractivity contribution in [3.8, 4) is 5.75 Å². The zero-order chi connectivity index (χ0) is 23.9. The van der Waals surface area contributed by atoms with E-state index in [2.05, 4.69) is 9.47 Å². The summed E-state index contributed by atoms with van der Waals surface area (Å²) < 4.78 is 41.5. The SMILES string of the molecule is COC(=O)CN(CC(=O)OC)C(=O)c1ccc(S(=O)(=O)N(C)c2ccccc2OC)cc1. The number of nitrogens with zero attached hydrogens (tertiary/aromatic N) is 2. The van der Waals surface area contributed by atoms with E-state index in [0.717, 1.165) is 23.4 Å². The van der Waals surface area contributed by atoms with Crippen molar-refractivity contribution in [3.05, 3.63) is 54.1 Å². The molecule has 0 aromatic heterocycles. The van der Waals surface area contributed by atoms with Crippen LogP contribution in [0.2, 0.25) is 0 Å². The van der Waals surface area contributed by atoms with Crippen molar-refractivity contribution in [3.63, 3.8) is 0 Å². The van der Waals surface area contributed by atoms with E-state index in [1.807, 2.05) is 0 Å². The maximum Gasteiger partial charge on any atom is 0.325 e. The van der Waals surface area contributed by atoms with Crippen LogP contribution >= 0.6 is 0 Å². The van der Waals surface area contributed by atoms with Crippen molar-refractivity contribution in [2.24, 2.45) is 0 Å². The third kappa shape index (κ3) is 5.55. The molecular weight excluding hydrogens is 440 g/mol. The van der Waals surface area contributed by atoms with Gasteiger partial charge in [0.2, 0.25) is 0 Å². The Bertz CT molecular complexity index is 1070. The predicted molar refractivity (Wildman–Crippen MR) is 115 cm³/mol. The van der Waals surface area contributed by atoms with Gasteiger partial charge < -0.3 is 19.1 Å².